The average molecular weight is 344 g/mol. The van der Waals surface area contributed by atoms with E-state index in [0.717, 1.165) is 34.4 Å². The van der Waals surface area contributed by atoms with Gasteiger partial charge >= 0.3 is 0 Å². The molecule has 0 aliphatic heterocycles. The van der Waals surface area contributed by atoms with E-state index in [4.69, 9.17) is 0 Å². The standard InChI is InChI=1S/C12H18BrN5S/c1-4-8-12(13)10(18(5-2)16-8)6-9(14-3)11-7-15-17-19-11/h7,9,14H,4-6H2,1-3H3. The zero-order chi connectivity index (χ0) is 13.8. The molecule has 0 aromatic carbocycles. The van der Waals surface area contributed by atoms with Crippen LogP contribution in [0.3, 0.4) is 0 Å². The number of aryl methyl sites for hydroxylation is 2. The summed E-state index contributed by atoms with van der Waals surface area (Å²) in [7, 11) is 1.96. The number of hydrogen-bond acceptors (Lipinski definition) is 5. The molecule has 104 valence electrons. The van der Waals surface area contributed by atoms with Gasteiger partial charge in [0.2, 0.25) is 0 Å². The highest BCUT2D eigenvalue weighted by atomic mass is 79.9. The van der Waals surface area contributed by atoms with Gasteiger partial charge < -0.3 is 5.32 Å². The maximum atomic E-state index is 4.63. The zero-order valence-electron chi connectivity index (χ0n) is 11.4. The van der Waals surface area contributed by atoms with E-state index in [2.05, 4.69) is 54.5 Å². The molecule has 0 amide bonds. The molecule has 2 rings (SSSR count). The minimum absolute atomic E-state index is 0.225. The second-order valence-electron chi connectivity index (χ2n) is 4.24. The Morgan fingerprint density at radius 2 is 2.26 bits per heavy atom. The molecule has 0 aliphatic rings. The van der Waals surface area contributed by atoms with Crippen LogP contribution in [0.5, 0.6) is 0 Å². The summed E-state index contributed by atoms with van der Waals surface area (Å²) in [5, 5.41) is 11.9. The molecule has 2 heterocycles. The summed E-state index contributed by atoms with van der Waals surface area (Å²) in [6.07, 6.45) is 3.64. The van der Waals surface area contributed by atoms with Crippen molar-refractivity contribution in [1.82, 2.24) is 24.7 Å². The topological polar surface area (TPSA) is 55.6 Å². The third-order valence-corrected chi connectivity index (χ3v) is 4.85. The fraction of sp³-hybridized carbons (Fsp3) is 0.583. The van der Waals surface area contributed by atoms with Gasteiger partial charge in [-0.15, -0.1) is 5.10 Å². The van der Waals surface area contributed by atoms with Gasteiger partial charge in [-0.25, -0.2) is 0 Å². The third kappa shape index (κ3) is 3.04. The second kappa shape index (κ2) is 6.58. The van der Waals surface area contributed by atoms with Gasteiger partial charge in [-0.1, -0.05) is 11.4 Å². The summed E-state index contributed by atoms with van der Waals surface area (Å²) in [5.41, 5.74) is 2.35. The van der Waals surface area contributed by atoms with E-state index in [9.17, 15) is 0 Å². The molecule has 1 unspecified atom stereocenters. The van der Waals surface area contributed by atoms with Crippen LogP contribution in [0, 0.1) is 0 Å². The Labute approximate surface area is 125 Å². The van der Waals surface area contributed by atoms with Gasteiger partial charge in [0.25, 0.3) is 0 Å². The minimum Gasteiger partial charge on any atom is -0.312 e. The van der Waals surface area contributed by atoms with Gasteiger partial charge in [-0.2, -0.15) is 5.10 Å². The number of nitrogens with one attached hydrogen (secondary N) is 1. The van der Waals surface area contributed by atoms with Crippen LogP contribution in [0.25, 0.3) is 0 Å². The van der Waals surface area contributed by atoms with Crippen LogP contribution in [-0.4, -0.2) is 26.4 Å². The quantitative estimate of drug-likeness (QED) is 0.875. The molecule has 0 fully saturated rings. The van der Waals surface area contributed by atoms with E-state index < -0.39 is 0 Å². The van der Waals surface area contributed by atoms with Crippen LogP contribution in [-0.2, 0) is 19.4 Å². The minimum atomic E-state index is 0.225. The molecule has 0 saturated carbocycles. The summed E-state index contributed by atoms with van der Waals surface area (Å²) >= 11 is 5.12. The number of aromatic nitrogens is 4. The van der Waals surface area contributed by atoms with Crippen molar-refractivity contribution in [3.63, 3.8) is 0 Å². The van der Waals surface area contributed by atoms with E-state index in [1.165, 1.54) is 17.2 Å². The lowest BCUT2D eigenvalue weighted by Gasteiger charge is -2.14. The highest BCUT2D eigenvalue weighted by Crippen LogP contribution is 2.27. The molecule has 1 atom stereocenters. The number of likely N-dealkylation sites (N-methyl/N-ethyl adjacent to an activating group) is 1. The van der Waals surface area contributed by atoms with Gasteiger partial charge in [0.15, 0.2) is 0 Å². The molecule has 2 aromatic heterocycles. The summed E-state index contributed by atoms with van der Waals surface area (Å²) in [6, 6.07) is 0.225. The van der Waals surface area contributed by atoms with Crippen molar-refractivity contribution in [2.75, 3.05) is 7.05 Å². The molecule has 0 radical (unpaired) electrons. The van der Waals surface area contributed by atoms with Gasteiger partial charge in [-0.3, -0.25) is 4.68 Å². The fourth-order valence-electron chi connectivity index (χ4n) is 2.08. The first-order chi connectivity index (χ1) is 9.21. The van der Waals surface area contributed by atoms with Crippen molar-refractivity contribution >= 4 is 27.5 Å². The molecule has 0 saturated heterocycles. The Morgan fingerprint density at radius 3 is 2.79 bits per heavy atom. The lowest BCUT2D eigenvalue weighted by Crippen LogP contribution is -2.19. The van der Waals surface area contributed by atoms with Crippen molar-refractivity contribution < 1.29 is 0 Å². The molecule has 7 heteroatoms. The van der Waals surface area contributed by atoms with Crippen LogP contribution in [0.4, 0.5) is 0 Å². The molecule has 19 heavy (non-hydrogen) atoms. The van der Waals surface area contributed by atoms with Crippen molar-refractivity contribution in [2.45, 2.75) is 39.3 Å². The highest BCUT2D eigenvalue weighted by molar-refractivity contribution is 9.10. The van der Waals surface area contributed by atoms with E-state index in [0.29, 0.717) is 0 Å². The fourth-order valence-corrected chi connectivity index (χ4v) is 3.42. The van der Waals surface area contributed by atoms with Crippen molar-refractivity contribution in [2.24, 2.45) is 0 Å². The van der Waals surface area contributed by atoms with Crippen LogP contribution < -0.4 is 5.32 Å². The van der Waals surface area contributed by atoms with E-state index in [1.807, 2.05) is 13.2 Å². The third-order valence-electron chi connectivity index (χ3n) is 3.16. The van der Waals surface area contributed by atoms with E-state index in [1.54, 1.807) is 0 Å². The average Bonchev–Trinajstić information content (AvgIpc) is 3.04. The van der Waals surface area contributed by atoms with Crippen LogP contribution in [0.2, 0.25) is 0 Å². The maximum absolute atomic E-state index is 4.63. The van der Waals surface area contributed by atoms with Crippen molar-refractivity contribution in [3.05, 3.63) is 26.9 Å². The smallest absolute Gasteiger partial charge is 0.0766 e. The van der Waals surface area contributed by atoms with Crippen molar-refractivity contribution in [3.8, 4) is 0 Å². The lowest BCUT2D eigenvalue weighted by atomic mass is 10.1. The predicted octanol–water partition coefficient (Wildman–Crippen LogP) is 2.58. The largest absolute Gasteiger partial charge is 0.312 e. The molecule has 2 aromatic rings. The zero-order valence-corrected chi connectivity index (χ0v) is 13.8. The Morgan fingerprint density at radius 1 is 1.47 bits per heavy atom. The Hall–Kier alpha value is -0.790. The first kappa shape index (κ1) is 14.6. The molecular formula is C12H18BrN5S. The van der Waals surface area contributed by atoms with Crippen LogP contribution >= 0.6 is 27.5 Å². The number of halogens is 1. The highest BCUT2D eigenvalue weighted by Gasteiger charge is 2.20. The predicted molar refractivity (Wildman–Crippen MR) is 80.4 cm³/mol. The molecular weight excluding hydrogens is 326 g/mol. The van der Waals surface area contributed by atoms with Crippen LogP contribution in [0.1, 0.15) is 36.2 Å². The molecule has 0 bridgehead atoms. The Kier molecular flexibility index (Phi) is 5.06. The SMILES string of the molecule is CCc1nn(CC)c(CC(NC)c2cnns2)c1Br. The first-order valence-corrected chi connectivity index (χ1v) is 7.96. The second-order valence-corrected chi connectivity index (χ2v) is 5.85. The van der Waals surface area contributed by atoms with Gasteiger partial charge in [0, 0.05) is 13.0 Å². The van der Waals surface area contributed by atoms with Crippen LogP contribution in [0.15, 0.2) is 10.7 Å². The van der Waals surface area contributed by atoms with Gasteiger partial charge in [0.1, 0.15) is 0 Å². The summed E-state index contributed by atoms with van der Waals surface area (Å²) in [6.45, 7) is 5.12. The monoisotopic (exact) mass is 343 g/mol. The number of hydrogen-bond donors (Lipinski definition) is 1. The molecule has 5 nitrogen and oxygen atoms in total. The maximum Gasteiger partial charge on any atom is 0.0766 e. The first-order valence-electron chi connectivity index (χ1n) is 6.39. The molecule has 0 aliphatic carbocycles. The summed E-state index contributed by atoms with van der Waals surface area (Å²) in [4.78, 5) is 1.15. The normalized spacial score (nSPS) is 12.8. The lowest BCUT2D eigenvalue weighted by molar-refractivity contribution is 0.544. The van der Waals surface area contributed by atoms with Gasteiger partial charge in [0.05, 0.1) is 33.0 Å². The van der Waals surface area contributed by atoms with Gasteiger partial charge in [-0.05, 0) is 47.9 Å². The Balaban J connectivity index is 2.29. The Bertz CT molecular complexity index is 522. The summed E-state index contributed by atoms with van der Waals surface area (Å²) in [5.74, 6) is 0. The van der Waals surface area contributed by atoms with E-state index >= 15 is 0 Å². The van der Waals surface area contributed by atoms with E-state index in [-0.39, 0.29) is 6.04 Å². The van der Waals surface area contributed by atoms with Crippen molar-refractivity contribution in [1.29, 1.82) is 0 Å². The molecule has 1 N–H and O–H groups in total. The molecule has 0 spiro atoms. The number of nitrogens with zero attached hydrogens (tertiary/aromatic N) is 4. The number of rotatable bonds is 6. The summed E-state index contributed by atoms with van der Waals surface area (Å²) < 4.78 is 7.14.